The van der Waals surface area contributed by atoms with E-state index in [1.165, 1.54) is 43.5 Å². The fourth-order valence-corrected chi connectivity index (χ4v) is 2.55. The summed E-state index contributed by atoms with van der Waals surface area (Å²) in [5.74, 6) is -1.15. The van der Waals surface area contributed by atoms with E-state index >= 15 is 0 Å². The molecule has 122 valence electrons. The van der Waals surface area contributed by atoms with Crippen LogP contribution in [0, 0.1) is 5.82 Å². The summed E-state index contributed by atoms with van der Waals surface area (Å²) in [6.45, 7) is -0.136. The van der Waals surface area contributed by atoms with Crippen LogP contribution in [0.25, 0.3) is 0 Å². The van der Waals surface area contributed by atoms with Gasteiger partial charge in [0, 0.05) is 6.26 Å². The number of carbonyl (C=O) groups is 1. The molecule has 2 aromatic carbocycles. The van der Waals surface area contributed by atoms with E-state index in [1.54, 1.807) is 6.07 Å². The second-order valence-electron chi connectivity index (χ2n) is 4.85. The molecular formula is C16H15FO5S. The molecule has 0 aliphatic carbocycles. The SMILES string of the molecule is COc1ccc(COC(=O)c2cccc(S(C)(=O)=O)c2)cc1F. The highest BCUT2D eigenvalue weighted by Crippen LogP contribution is 2.19. The van der Waals surface area contributed by atoms with Crippen molar-refractivity contribution in [2.45, 2.75) is 11.5 Å². The Hall–Kier alpha value is -2.41. The van der Waals surface area contributed by atoms with E-state index in [-0.39, 0.29) is 22.8 Å². The van der Waals surface area contributed by atoms with Gasteiger partial charge in [0.1, 0.15) is 6.61 Å². The first-order chi connectivity index (χ1) is 10.8. The van der Waals surface area contributed by atoms with Crippen LogP contribution in [-0.2, 0) is 21.2 Å². The quantitative estimate of drug-likeness (QED) is 0.784. The molecule has 0 aliphatic rings. The minimum Gasteiger partial charge on any atom is -0.494 e. The first kappa shape index (κ1) is 17.0. The predicted molar refractivity (Wildman–Crippen MR) is 81.6 cm³/mol. The highest BCUT2D eigenvalue weighted by atomic mass is 32.2. The molecule has 0 aromatic heterocycles. The molecule has 0 aliphatic heterocycles. The molecular weight excluding hydrogens is 323 g/mol. The Kier molecular flexibility index (Phi) is 5.00. The van der Waals surface area contributed by atoms with Gasteiger partial charge in [-0.3, -0.25) is 0 Å². The van der Waals surface area contributed by atoms with Crippen molar-refractivity contribution in [2.24, 2.45) is 0 Å². The fraction of sp³-hybridized carbons (Fsp3) is 0.188. The van der Waals surface area contributed by atoms with Crippen LogP contribution in [0.3, 0.4) is 0 Å². The molecule has 0 amide bonds. The highest BCUT2D eigenvalue weighted by Gasteiger charge is 2.13. The molecule has 0 unspecified atom stereocenters. The van der Waals surface area contributed by atoms with Gasteiger partial charge in [0.25, 0.3) is 0 Å². The molecule has 0 radical (unpaired) electrons. The second kappa shape index (κ2) is 6.78. The maximum atomic E-state index is 13.5. The molecule has 5 nitrogen and oxygen atoms in total. The van der Waals surface area contributed by atoms with Crippen LogP contribution in [0.5, 0.6) is 5.75 Å². The van der Waals surface area contributed by atoms with Crippen molar-refractivity contribution in [3.05, 3.63) is 59.4 Å². The first-order valence-corrected chi connectivity index (χ1v) is 8.50. The normalized spacial score (nSPS) is 11.1. The van der Waals surface area contributed by atoms with Crippen molar-refractivity contribution in [2.75, 3.05) is 13.4 Å². The number of carbonyl (C=O) groups excluding carboxylic acids is 1. The van der Waals surface area contributed by atoms with E-state index in [0.29, 0.717) is 5.56 Å². The average molecular weight is 338 g/mol. The Balaban J connectivity index is 2.09. The Bertz CT molecular complexity index is 830. The molecule has 0 spiro atoms. The lowest BCUT2D eigenvalue weighted by molar-refractivity contribution is 0.0472. The van der Waals surface area contributed by atoms with Gasteiger partial charge in [-0.25, -0.2) is 17.6 Å². The molecule has 23 heavy (non-hydrogen) atoms. The summed E-state index contributed by atoms with van der Waals surface area (Å²) in [6, 6.07) is 9.76. The zero-order valence-corrected chi connectivity index (χ0v) is 13.4. The van der Waals surface area contributed by atoms with Crippen LogP contribution in [0.15, 0.2) is 47.4 Å². The van der Waals surface area contributed by atoms with Gasteiger partial charge in [0.15, 0.2) is 21.4 Å². The van der Waals surface area contributed by atoms with Crippen LogP contribution in [0.1, 0.15) is 15.9 Å². The Labute approximate surface area is 133 Å². The van der Waals surface area contributed by atoms with Crippen LogP contribution >= 0.6 is 0 Å². The van der Waals surface area contributed by atoms with Crippen molar-refractivity contribution in [1.82, 2.24) is 0 Å². The summed E-state index contributed by atoms with van der Waals surface area (Å²) in [7, 11) is -2.06. The largest absolute Gasteiger partial charge is 0.494 e. The minimum absolute atomic E-state index is 0.0300. The second-order valence-corrected chi connectivity index (χ2v) is 6.86. The third-order valence-corrected chi connectivity index (χ3v) is 4.19. The lowest BCUT2D eigenvalue weighted by Crippen LogP contribution is -2.07. The molecule has 0 N–H and O–H groups in total. The van der Waals surface area contributed by atoms with E-state index in [9.17, 15) is 17.6 Å². The molecule has 2 aromatic rings. The van der Waals surface area contributed by atoms with E-state index in [4.69, 9.17) is 9.47 Å². The molecule has 0 heterocycles. The molecule has 2 rings (SSSR count). The first-order valence-electron chi connectivity index (χ1n) is 6.61. The van der Waals surface area contributed by atoms with Gasteiger partial charge in [-0.15, -0.1) is 0 Å². The standard InChI is InChI=1S/C16H15FO5S/c1-21-15-7-6-11(8-14(15)17)10-22-16(18)12-4-3-5-13(9-12)23(2,19)20/h3-9H,10H2,1-2H3. The monoisotopic (exact) mass is 338 g/mol. The number of methoxy groups -OCH3 is 1. The average Bonchev–Trinajstić information content (AvgIpc) is 2.52. The van der Waals surface area contributed by atoms with Gasteiger partial charge < -0.3 is 9.47 Å². The van der Waals surface area contributed by atoms with E-state index < -0.39 is 21.6 Å². The zero-order valence-electron chi connectivity index (χ0n) is 12.6. The Morgan fingerprint density at radius 1 is 1.17 bits per heavy atom. The van der Waals surface area contributed by atoms with E-state index in [2.05, 4.69) is 0 Å². The van der Waals surface area contributed by atoms with E-state index in [0.717, 1.165) is 6.26 Å². The maximum absolute atomic E-state index is 13.5. The van der Waals surface area contributed by atoms with Crippen LogP contribution in [-0.4, -0.2) is 27.8 Å². The van der Waals surface area contributed by atoms with Gasteiger partial charge in [-0.1, -0.05) is 12.1 Å². The van der Waals surface area contributed by atoms with Gasteiger partial charge in [-0.2, -0.15) is 0 Å². The van der Waals surface area contributed by atoms with Gasteiger partial charge >= 0.3 is 5.97 Å². The summed E-state index contributed by atoms with van der Waals surface area (Å²) in [6.07, 6.45) is 1.05. The van der Waals surface area contributed by atoms with Crippen molar-refractivity contribution in [1.29, 1.82) is 0 Å². The number of esters is 1. The highest BCUT2D eigenvalue weighted by molar-refractivity contribution is 7.90. The Morgan fingerprint density at radius 2 is 1.91 bits per heavy atom. The van der Waals surface area contributed by atoms with Crippen LogP contribution in [0.4, 0.5) is 4.39 Å². The van der Waals surface area contributed by atoms with Crippen molar-refractivity contribution in [3.8, 4) is 5.75 Å². The smallest absolute Gasteiger partial charge is 0.338 e. The number of hydrogen-bond donors (Lipinski definition) is 0. The number of rotatable bonds is 5. The summed E-state index contributed by atoms with van der Waals surface area (Å²) in [5.41, 5.74) is 0.567. The minimum atomic E-state index is -3.41. The molecule has 0 saturated heterocycles. The molecule has 0 bridgehead atoms. The maximum Gasteiger partial charge on any atom is 0.338 e. The lowest BCUT2D eigenvalue weighted by Gasteiger charge is -2.07. The van der Waals surface area contributed by atoms with Crippen molar-refractivity contribution >= 4 is 15.8 Å². The summed E-state index contributed by atoms with van der Waals surface area (Å²) in [5, 5.41) is 0. The number of halogens is 1. The number of benzene rings is 2. The lowest BCUT2D eigenvalue weighted by atomic mass is 10.2. The van der Waals surface area contributed by atoms with Gasteiger partial charge in [-0.05, 0) is 35.9 Å². The topological polar surface area (TPSA) is 69.7 Å². The zero-order chi connectivity index (χ0) is 17.0. The van der Waals surface area contributed by atoms with Gasteiger partial charge in [0.2, 0.25) is 0 Å². The molecule has 7 heteroatoms. The molecule has 0 saturated carbocycles. The molecule has 0 atom stereocenters. The Morgan fingerprint density at radius 3 is 2.52 bits per heavy atom. The third-order valence-electron chi connectivity index (χ3n) is 3.08. The summed E-state index contributed by atoms with van der Waals surface area (Å²) >= 11 is 0. The van der Waals surface area contributed by atoms with Crippen molar-refractivity contribution < 1.29 is 27.1 Å². The van der Waals surface area contributed by atoms with Gasteiger partial charge in [0.05, 0.1) is 17.6 Å². The number of ether oxygens (including phenoxy) is 2. The van der Waals surface area contributed by atoms with Crippen LogP contribution in [0.2, 0.25) is 0 Å². The van der Waals surface area contributed by atoms with Crippen LogP contribution < -0.4 is 4.74 Å². The van der Waals surface area contributed by atoms with Crippen molar-refractivity contribution in [3.63, 3.8) is 0 Å². The summed E-state index contributed by atoms with van der Waals surface area (Å²) in [4.78, 5) is 12.0. The fourth-order valence-electron chi connectivity index (χ4n) is 1.89. The molecule has 0 fully saturated rings. The predicted octanol–water partition coefficient (Wildman–Crippen LogP) is 2.59. The third kappa shape index (κ3) is 4.29. The number of sulfone groups is 1. The summed E-state index contributed by atoms with van der Waals surface area (Å²) < 4.78 is 46.4. The van der Waals surface area contributed by atoms with E-state index in [1.807, 2.05) is 0 Å². The number of hydrogen-bond acceptors (Lipinski definition) is 5.